The van der Waals surface area contributed by atoms with Gasteiger partial charge in [0.05, 0.1) is 46.3 Å². The van der Waals surface area contributed by atoms with E-state index in [0.717, 1.165) is 173 Å². The van der Waals surface area contributed by atoms with Crippen molar-refractivity contribution in [3.8, 4) is 55.6 Å². The van der Waals surface area contributed by atoms with Crippen LogP contribution < -0.4 is 0 Å². The SMILES string of the molecule is O=COCc1ccc([C@@]23C4=C5C6=C7[C@@]8(c9ccc(CC(=O)O)cc9)c9c%10ccc%11c9[C@]6(c6ccc(CC(=O)O)cc6)c6c-%11ccc9c6[C@]5(c5ccc(CC(=O)O)cc5)c5c-9ccc(c52)-c2ccc5c(c23)[C@](c2ccc(COC=O)cc2)(c2c-5ccc-%10c28)[C@@]47Cl)cc1. The second kappa shape index (κ2) is 15.8. The molecule has 0 bridgehead atoms. The first kappa shape index (κ1) is 50.2. The van der Waals surface area contributed by atoms with E-state index in [2.05, 4.69) is 146 Å². The maximum atomic E-state index is 12.7. The monoisotopic (exact) mass is 1200 g/mol. The summed E-state index contributed by atoms with van der Waals surface area (Å²) in [4.78, 5) is 60.2. The van der Waals surface area contributed by atoms with Crippen LogP contribution in [0, 0.1) is 0 Å². The van der Waals surface area contributed by atoms with Gasteiger partial charge in [0.25, 0.3) is 12.9 Å². The van der Waals surface area contributed by atoms with E-state index in [1.54, 1.807) is 0 Å². The number of rotatable bonds is 17. The van der Waals surface area contributed by atoms with Crippen molar-refractivity contribution in [3.63, 3.8) is 0 Å². The van der Waals surface area contributed by atoms with Crippen LogP contribution in [0.4, 0.5) is 0 Å². The molecule has 91 heavy (non-hydrogen) atoms. The Hall–Kier alpha value is -10.7. The van der Waals surface area contributed by atoms with Gasteiger partial charge in [-0.3, -0.25) is 24.0 Å². The van der Waals surface area contributed by atoms with Gasteiger partial charge >= 0.3 is 17.9 Å². The van der Waals surface area contributed by atoms with Crippen molar-refractivity contribution >= 4 is 42.5 Å². The van der Waals surface area contributed by atoms with Gasteiger partial charge < -0.3 is 24.8 Å². The maximum Gasteiger partial charge on any atom is 0.307 e. The molecule has 0 fully saturated rings. The first-order valence-electron chi connectivity index (χ1n) is 30.7. The van der Waals surface area contributed by atoms with E-state index in [1.807, 2.05) is 36.4 Å². The van der Waals surface area contributed by atoms with E-state index < -0.39 is 49.9 Å². The van der Waals surface area contributed by atoms with E-state index in [0.29, 0.717) is 29.6 Å². The second-order valence-corrected chi connectivity index (χ2v) is 27.0. The van der Waals surface area contributed by atoms with Crippen molar-refractivity contribution in [3.05, 3.63) is 316 Å². The molecule has 10 nitrogen and oxygen atoms in total. The standard InChI is InChI=1S/C80H45ClO10/c81-80-73-71-72-74(80)78(46-17-7-41(8-18-46)34-90-36-82)66-53-26-24-51-49-22-21-48-50-23-25-52-54-27-29-56-57-30-28-55(53)68(78)70(57)79(80,47-19-9-42(10-20-47)35-91-37-83)69(56)67(54)77(73,45-15-5-40(6-16-45)33-60(88)89)65(52)63(50)75(71,43-11-1-38(2-12-43)31-58(84)85)61(48)62(49)76(72,64(51)66)44-13-3-39(4-14-44)32-59(86)87/h1-30,36-37H,31-35H2,(H,84,85)(H,86,87)(H,88,89)/t75-,76+,77-,78+,79-,80-/m0/s1. The molecule has 0 unspecified atom stereocenters. The highest BCUT2D eigenvalue weighted by Crippen LogP contribution is 2.92. The Morgan fingerprint density at radius 3 is 0.824 bits per heavy atom. The fraction of sp³-hybridized carbons (Fsp3) is 0.138. The number of allylic oxidation sites excluding steroid dienone is 4. The Bertz CT molecular complexity index is 5410. The van der Waals surface area contributed by atoms with Crippen LogP contribution in [-0.4, -0.2) is 51.0 Å². The van der Waals surface area contributed by atoms with E-state index in [1.165, 1.54) is 0 Å². The van der Waals surface area contributed by atoms with Crippen molar-refractivity contribution in [2.45, 2.75) is 64.4 Å². The van der Waals surface area contributed by atoms with Crippen LogP contribution in [0.3, 0.4) is 0 Å². The summed E-state index contributed by atoms with van der Waals surface area (Å²) in [5.41, 5.74) is 29.0. The van der Waals surface area contributed by atoms with Crippen LogP contribution in [-0.2, 0) is 93.0 Å². The van der Waals surface area contributed by atoms with E-state index >= 15 is 0 Å². The Kier molecular flexibility index (Phi) is 8.73. The van der Waals surface area contributed by atoms with Gasteiger partial charge in [0, 0.05) is 0 Å². The minimum absolute atomic E-state index is 0.0641. The molecule has 11 aliphatic carbocycles. The molecule has 10 aromatic rings. The predicted molar refractivity (Wildman–Crippen MR) is 337 cm³/mol. The number of halogens is 1. The molecule has 0 heterocycles. The maximum absolute atomic E-state index is 12.7. The summed E-state index contributed by atoms with van der Waals surface area (Å²) in [7, 11) is 0. The molecule has 6 atom stereocenters. The number of alkyl halides is 1. The third kappa shape index (κ3) is 4.89. The highest BCUT2D eigenvalue weighted by Gasteiger charge is 2.86. The van der Waals surface area contributed by atoms with Crippen LogP contribution in [0.5, 0.6) is 0 Å². The number of carboxylic acids is 3. The molecule has 0 saturated heterocycles. The summed E-state index contributed by atoms with van der Waals surface area (Å²) in [5.74, 6) is -2.80. The summed E-state index contributed by atoms with van der Waals surface area (Å²) in [5, 5.41) is 31.1. The number of hydrogen-bond acceptors (Lipinski definition) is 7. The average Bonchev–Trinajstić information content (AvgIpc) is 1.40. The number of fused-ring (bicyclic) bond motifs is 5. The fourth-order valence-corrected chi connectivity index (χ4v) is 22.0. The smallest absolute Gasteiger partial charge is 0.307 e. The van der Waals surface area contributed by atoms with Crippen LogP contribution in [0.15, 0.2) is 204 Å². The molecule has 11 heteroatoms. The third-order valence-electron chi connectivity index (χ3n) is 23.3. The molecule has 11 aliphatic rings. The van der Waals surface area contributed by atoms with E-state index in [4.69, 9.17) is 9.47 Å². The van der Waals surface area contributed by atoms with Crippen LogP contribution in [0.2, 0.25) is 0 Å². The Morgan fingerprint density at radius 2 is 0.549 bits per heavy atom. The Labute approximate surface area is 524 Å². The van der Waals surface area contributed by atoms with Gasteiger partial charge in [0.15, 0.2) is 0 Å². The number of carboxylic acid groups (broad SMARTS) is 3. The lowest BCUT2D eigenvalue weighted by molar-refractivity contribution is -0.137. The molecular formula is C80H45ClO10. The number of carbonyl (C=O) groups is 5. The first-order chi connectivity index (χ1) is 44.4. The van der Waals surface area contributed by atoms with Gasteiger partial charge in [-0.05, 0) is 189 Å². The molecule has 0 spiro atoms. The van der Waals surface area contributed by atoms with Crippen molar-refractivity contribution in [1.29, 1.82) is 0 Å². The highest BCUT2D eigenvalue weighted by molar-refractivity contribution is 6.35. The van der Waals surface area contributed by atoms with Crippen molar-refractivity contribution in [2.75, 3.05) is 0 Å². The van der Waals surface area contributed by atoms with Gasteiger partial charge in [-0.15, -0.1) is 11.6 Å². The van der Waals surface area contributed by atoms with Crippen LogP contribution >= 0.6 is 11.6 Å². The minimum Gasteiger partial charge on any atom is -0.481 e. The molecule has 10 aromatic carbocycles. The van der Waals surface area contributed by atoms with E-state index in [9.17, 15) is 50.9 Å². The van der Waals surface area contributed by atoms with Gasteiger partial charge in [0.2, 0.25) is 0 Å². The van der Waals surface area contributed by atoms with Gasteiger partial charge in [-0.2, -0.15) is 0 Å². The van der Waals surface area contributed by atoms with Crippen molar-refractivity contribution in [1.82, 2.24) is 0 Å². The quantitative estimate of drug-likeness (QED) is 0.0590. The molecule has 0 aromatic heterocycles. The largest absolute Gasteiger partial charge is 0.481 e. The second-order valence-electron chi connectivity index (χ2n) is 26.5. The summed E-state index contributed by atoms with van der Waals surface area (Å²) in [6.45, 7) is 1.08. The normalized spacial score (nSPS) is 24.6. The summed E-state index contributed by atoms with van der Waals surface area (Å²) in [6.07, 6.45) is -0.514. The molecule has 21 rings (SSSR count). The van der Waals surface area contributed by atoms with Gasteiger partial charge in [0.1, 0.15) is 18.1 Å². The number of carbonyl (C=O) groups excluding carboxylic acids is 2. The average molecular weight is 1200 g/mol. The zero-order chi connectivity index (χ0) is 60.9. The van der Waals surface area contributed by atoms with E-state index in [-0.39, 0.29) is 32.5 Å². The van der Waals surface area contributed by atoms with Gasteiger partial charge in [-0.1, -0.05) is 182 Å². The van der Waals surface area contributed by atoms with Gasteiger partial charge in [-0.25, -0.2) is 0 Å². The number of ether oxygens (including phenoxy) is 2. The lowest BCUT2D eigenvalue weighted by atomic mass is 9.40. The zero-order valence-electron chi connectivity index (χ0n) is 48.1. The number of aliphatic carboxylic acids is 3. The molecular weight excluding hydrogens is 1160 g/mol. The Morgan fingerprint density at radius 1 is 0.319 bits per heavy atom. The summed E-state index contributed by atoms with van der Waals surface area (Å²) in [6, 6.07) is 65.4. The predicted octanol–water partition coefficient (Wildman–Crippen LogP) is 13.4. The Balaban J connectivity index is 1.07. The molecule has 0 amide bonds. The zero-order valence-corrected chi connectivity index (χ0v) is 48.8. The lowest BCUT2D eigenvalue weighted by Crippen LogP contribution is -2.65. The van der Waals surface area contributed by atoms with Crippen LogP contribution in [0.25, 0.3) is 55.6 Å². The highest BCUT2D eigenvalue weighted by atomic mass is 35.5. The molecule has 432 valence electrons. The summed E-state index contributed by atoms with van der Waals surface area (Å²) < 4.78 is 10.9. The topological polar surface area (TPSA) is 164 Å². The van der Waals surface area contributed by atoms with Crippen molar-refractivity contribution < 1.29 is 48.8 Å². The summed E-state index contributed by atoms with van der Waals surface area (Å²) >= 11 is 10.4. The fourth-order valence-electron chi connectivity index (χ4n) is 21.2. The van der Waals surface area contributed by atoms with Crippen molar-refractivity contribution in [2.24, 2.45) is 0 Å². The molecule has 3 N–H and O–H groups in total. The minimum atomic E-state index is -1.57. The third-order valence-corrected chi connectivity index (χ3v) is 24.0. The lowest BCUT2D eigenvalue weighted by Gasteiger charge is -2.64. The number of hydrogen-bond donors (Lipinski definition) is 3. The number of benzene rings is 10. The molecule has 0 saturated carbocycles. The first-order valence-corrected chi connectivity index (χ1v) is 31.1. The van der Waals surface area contributed by atoms with Crippen LogP contribution in [0.1, 0.15) is 111 Å². The molecule has 0 radical (unpaired) electrons. The molecule has 0 aliphatic heterocycles.